The number of morpholine rings is 1. The van der Waals surface area contributed by atoms with Crippen molar-refractivity contribution < 1.29 is 27.1 Å². The van der Waals surface area contributed by atoms with Crippen molar-refractivity contribution in [3.8, 4) is 11.1 Å². The minimum atomic E-state index is -4.77. The zero-order chi connectivity index (χ0) is 23.6. The lowest BCUT2D eigenvalue weighted by Gasteiger charge is -2.27. The fraction of sp³-hybridized carbons (Fsp3) is 0.364. The van der Waals surface area contributed by atoms with E-state index in [-0.39, 0.29) is 11.5 Å². The third kappa shape index (κ3) is 5.83. The quantitative estimate of drug-likeness (QED) is 0.288. The summed E-state index contributed by atoms with van der Waals surface area (Å²) in [6.45, 7) is 4.62. The van der Waals surface area contributed by atoms with Gasteiger partial charge in [-0.1, -0.05) is 30.0 Å². The number of halogens is 4. The number of ether oxygens (including phenoxy) is 1. The molecule has 1 aromatic carbocycles. The molecule has 2 aromatic rings. The largest absolute Gasteiger partial charge is 0.419 e. The molecule has 11 heteroatoms. The van der Waals surface area contributed by atoms with Crippen LogP contribution in [-0.4, -0.2) is 59.4 Å². The van der Waals surface area contributed by atoms with Gasteiger partial charge >= 0.3 is 6.18 Å². The highest BCUT2D eigenvalue weighted by Gasteiger charge is 2.34. The van der Waals surface area contributed by atoms with Gasteiger partial charge in [0.15, 0.2) is 0 Å². The number of hydrogen-bond acceptors (Lipinski definition) is 6. The highest BCUT2D eigenvalue weighted by molar-refractivity contribution is 8.26. The van der Waals surface area contributed by atoms with E-state index in [1.54, 1.807) is 22.4 Å². The summed E-state index contributed by atoms with van der Waals surface area (Å²) in [6.07, 6.45) is -2.27. The Hall–Kier alpha value is -1.79. The fourth-order valence-corrected chi connectivity index (χ4v) is 5.82. The van der Waals surface area contributed by atoms with E-state index in [2.05, 4.69) is 4.90 Å². The number of thiophene rings is 1. The van der Waals surface area contributed by atoms with Crippen LogP contribution in [0.2, 0.25) is 0 Å². The summed E-state index contributed by atoms with van der Waals surface area (Å²) in [7, 11) is 0. The van der Waals surface area contributed by atoms with Crippen molar-refractivity contribution in [1.29, 1.82) is 0 Å². The number of rotatable bonds is 6. The molecule has 33 heavy (non-hydrogen) atoms. The van der Waals surface area contributed by atoms with Crippen LogP contribution in [0, 0.1) is 5.82 Å². The van der Waals surface area contributed by atoms with Gasteiger partial charge in [0.05, 0.1) is 23.7 Å². The average molecular weight is 517 g/mol. The minimum Gasteiger partial charge on any atom is -0.379 e. The van der Waals surface area contributed by atoms with Gasteiger partial charge in [-0.15, -0.1) is 11.3 Å². The van der Waals surface area contributed by atoms with E-state index in [1.807, 2.05) is 0 Å². The van der Waals surface area contributed by atoms with Gasteiger partial charge in [0.25, 0.3) is 5.91 Å². The molecular weight excluding hydrogens is 496 g/mol. The second-order valence-electron chi connectivity index (χ2n) is 7.57. The Morgan fingerprint density at radius 2 is 1.88 bits per heavy atom. The highest BCUT2D eigenvalue weighted by Crippen LogP contribution is 2.37. The van der Waals surface area contributed by atoms with Gasteiger partial charge in [-0.25, -0.2) is 4.39 Å². The molecule has 0 unspecified atom stereocenters. The normalized spacial score (nSPS) is 19.2. The van der Waals surface area contributed by atoms with Gasteiger partial charge in [-0.2, -0.15) is 13.2 Å². The van der Waals surface area contributed by atoms with E-state index >= 15 is 0 Å². The topological polar surface area (TPSA) is 32.8 Å². The third-order valence-electron chi connectivity index (χ3n) is 5.33. The molecule has 0 saturated carbocycles. The number of carbonyl (C=O) groups is 1. The second-order valence-corrected chi connectivity index (χ2v) is 10.2. The maximum absolute atomic E-state index is 13.6. The molecular formula is C22H20F4N2O2S3. The van der Waals surface area contributed by atoms with Gasteiger partial charge in [0, 0.05) is 31.1 Å². The van der Waals surface area contributed by atoms with Gasteiger partial charge in [0.2, 0.25) is 0 Å². The molecule has 2 fully saturated rings. The maximum Gasteiger partial charge on any atom is 0.419 e. The number of carbonyl (C=O) groups excluding carboxylic acids is 1. The van der Waals surface area contributed by atoms with Crippen LogP contribution in [0.1, 0.15) is 16.9 Å². The molecule has 1 aromatic heterocycles. The number of thioether (sulfide) groups is 1. The lowest BCUT2D eigenvalue weighted by atomic mass is 10.0. The number of thiocarbonyl (C=S) groups is 1. The van der Waals surface area contributed by atoms with E-state index in [0.717, 1.165) is 51.4 Å². The van der Waals surface area contributed by atoms with Crippen molar-refractivity contribution in [3.63, 3.8) is 0 Å². The summed E-state index contributed by atoms with van der Waals surface area (Å²) in [5, 5.41) is 1.68. The van der Waals surface area contributed by atoms with Crippen LogP contribution in [0.3, 0.4) is 0 Å². The number of hydrogen-bond donors (Lipinski definition) is 0. The first-order chi connectivity index (χ1) is 15.7. The first kappa shape index (κ1) is 24.3. The van der Waals surface area contributed by atoms with Crippen molar-refractivity contribution in [3.05, 3.63) is 50.8 Å². The molecule has 4 rings (SSSR count). The van der Waals surface area contributed by atoms with Gasteiger partial charge in [-0.05, 0) is 47.2 Å². The molecule has 0 bridgehead atoms. The van der Waals surface area contributed by atoms with Crippen LogP contribution >= 0.6 is 35.3 Å². The Bertz CT molecular complexity index is 1080. The monoisotopic (exact) mass is 516 g/mol. The Balaban J connectivity index is 1.42. The number of amides is 1. The van der Waals surface area contributed by atoms with Gasteiger partial charge < -0.3 is 4.74 Å². The van der Waals surface area contributed by atoms with E-state index in [0.29, 0.717) is 26.2 Å². The molecule has 1 amide bonds. The predicted molar refractivity (Wildman–Crippen MR) is 126 cm³/mol. The van der Waals surface area contributed by atoms with Crippen LogP contribution in [0.15, 0.2) is 34.6 Å². The molecule has 0 N–H and O–H groups in total. The van der Waals surface area contributed by atoms with Crippen LogP contribution in [0.5, 0.6) is 0 Å². The first-order valence-electron chi connectivity index (χ1n) is 10.2. The molecule has 0 atom stereocenters. The smallest absolute Gasteiger partial charge is 0.379 e. The van der Waals surface area contributed by atoms with Gasteiger partial charge in [0.1, 0.15) is 10.1 Å². The Labute approximate surface area is 202 Å². The van der Waals surface area contributed by atoms with E-state index < -0.39 is 17.6 Å². The molecule has 3 heterocycles. The average Bonchev–Trinajstić information content (AvgIpc) is 3.34. The summed E-state index contributed by atoms with van der Waals surface area (Å²) >= 11 is 7.89. The van der Waals surface area contributed by atoms with Gasteiger partial charge in [-0.3, -0.25) is 14.6 Å². The third-order valence-corrected chi connectivity index (χ3v) is 7.59. The molecule has 0 spiro atoms. The molecule has 176 valence electrons. The van der Waals surface area contributed by atoms with Crippen LogP contribution in [0.4, 0.5) is 17.6 Å². The summed E-state index contributed by atoms with van der Waals surface area (Å²) in [4.78, 5) is 17.9. The maximum atomic E-state index is 13.6. The zero-order valence-electron chi connectivity index (χ0n) is 17.4. The van der Waals surface area contributed by atoms with Crippen molar-refractivity contribution in [2.24, 2.45) is 0 Å². The number of alkyl halides is 3. The zero-order valence-corrected chi connectivity index (χ0v) is 19.8. The van der Waals surface area contributed by atoms with Crippen molar-refractivity contribution >= 4 is 51.6 Å². The van der Waals surface area contributed by atoms with Crippen molar-refractivity contribution in [1.82, 2.24) is 9.80 Å². The lowest BCUT2D eigenvalue weighted by Crippen LogP contribution is -2.38. The molecule has 0 radical (unpaired) electrons. The first-order valence-corrected chi connectivity index (χ1v) is 12.3. The number of benzene rings is 1. The van der Waals surface area contributed by atoms with Crippen molar-refractivity contribution in [2.75, 3.05) is 39.4 Å². The van der Waals surface area contributed by atoms with Crippen LogP contribution in [-0.2, 0) is 15.7 Å². The Morgan fingerprint density at radius 1 is 1.12 bits per heavy atom. The minimum absolute atomic E-state index is 0.164. The van der Waals surface area contributed by atoms with Crippen LogP contribution in [0.25, 0.3) is 17.2 Å². The summed E-state index contributed by atoms with van der Waals surface area (Å²) < 4.78 is 58.5. The van der Waals surface area contributed by atoms with Crippen LogP contribution < -0.4 is 0 Å². The molecule has 0 aliphatic carbocycles. The standard InChI is InChI=1S/C22H20F4N2O2S3/c23-18-3-2-14(11-17(18)22(24,25)26)15-10-16(32-13-15)12-19-20(29)28(21(31)33-19)5-1-4-27-6-8-30-9-7-27/h2-3,10-13H,1,4-9H2. The lowest BCUT2D eigenvalue weighted by molar-refractivity contribution is -0.140. The molecule has 2 aliphatic rings. The predicted octanol–water partition coefficient (Wildman–Crippen LogP) is 5.50. The summed E-state index contributed by atoms with van der Waals surface area (Å²) in [5.41, 5.74) is -0.515. The van der Waals surface area contributed by atoms with Crippen molar-refractivity contribution in [2.45, 2.75) is 12.6 Å². The van der Waals surface area contributed by atoms with E-state index in [9.17, 15) is 22.4 Å². The second kappa shape index (κ2) is 10.2. The number of nitrogens with zero attached hydrogens (tertiary/aromatic N) is 2. The SMILES string of the molecule is O=C1C(=Cc2cc(-c3ccc(F)c(C(F)(F)F)c3)cs2)SC(=S)N1CCCN1CCOCC1. The fourth-order valence-electron chi connectivity index (χ4n) is 3.60. The molecule has 4 nitrogen and oxygen atoms in total. The summed E-state index contributed by atoms with van der Waals surface area (Å²) in [5.74, 6) is -1.47. The van der Waals surface area contributed by atoms with E-state index in [4.69, 9.17) is 17.0 Å². The molecule has 2 saturated heterocycles. The Kier molecular flexibility index (Phi) is 7.54. The highest BCUT2D eigenvalue weighted by atomic mass is 32.2. The Morgan fingerprint density at radius 3 is 2.61 bits per heavy atom. The summed E-state index contributed by atoms with van der Waals surface area (Å²) in [6, 6.07) is 4.61. The van der Waals surface area contributed by atoms with E-state index in [1.165, 1.54) is 29.2 Å². The molecule has 2 aliphatic heterocycles.